The summed E-state index contributed by atoms with van der Waals surface area (Å²) in [6, 6.07) is 2.08. The Morgan fingerprint density at radius 3 is 2.53 bits per heavy atom. The quantitative estimate of drug-likeness (QED) is 0.838. The van der Waals surface area contributed by atoms with E-state index in [1.807, 2.05) is 6.92 Å². The van der Waals surface area contributed by atoms with Crippen molar-refractivity contribution in [1.29, 1.82) is 0 Å². The van der Waals surface area contributed by atoms with Gasteiger partial charge in [-0.15, -0.1) is 10.2 Å². The highest BCUT2D eigenvalue weighted by Gasteiger charge is 2.32. The van der Waals surface area contributed by atoms with E-state index >= 15 is 0 Å². The number of rotatable bonds is 5. The number of anilines is 1. The lowest BCUT2D eigenvalue weighted by Crippen LogP contribution is -2.14. The van der Waals surface area contributed by atoms with Crippen molar-refractivity contribution in [3.63, 3.8) is 0 Å². The van der Waals surface area contributed by atoms with Crippen LogP contribution in [0.3, 0.4) is 0 Å². The van der Waals surface area contributed by atoms with Crippen LogP contribution in [0.25, 0.3) is 0 Å². The number of nitrogens with zero attached hydrogens (tertiary/aromatic N) is 2. The average molecular weight is 249 g/mol. The molecule has 4 nitrogen and oxygen atoms in total. The Hall–Kier alpha value is -1.37. The molecule has 1 aromatic rings. The molecule has 7 heteroatoms. The molecule has 0 saturated heterocycles. The Bertz CT molecular complexity index is 340. The van der Waals surface area contributed by atoms with Crippen LogP contribution >= 0.6 is 0 Å². The molecule has 0 aliphatic rings. The second kappa shape index (κ2) is 5.81. The van der Waals surface area contributed by atoms with Crippen LogP contribution in [0.1, 0.15) is 25.5 Å². The van der Waals surface area contributed by atoms with E-state index in [0.29, 0.717) is 19.4 Å². The first-order valence-corrected chi connectivity index (χ1v) is 5.26. The van der Waals surface area contributed by atoms with Crippen LogP contribution in [0.2, 0.25) is 0 Å². The fourth-order valence-corrected chi connectivity index (χ4v) is 1.15. The summed E-state index contributed by atoms with van der Waals surface area (Å²) in [5.74, 6) is 0.265. The number of hydrogen-bond donors (Lipinski definition) is 2. The predicted octanol–water partition coefficient (Wildman–Crippen LogP) is 2.07. The molecule has 0 fully saturated rings. The summed E-state index contributed by atoms with van der Waals surface area (Å²) in [6.07, 6.45) is -3.73. The number of hydrogen-bond acceptors (Lipinski definition) is 4. The molecule has 0 aromatic carbocycles. The van der Waals surface area contributed by atoms with Crippen molar-refractivity contribution in [1.82, 2.24) is 10.2 Å². The Labute approximate surface area is 96.9 Å². The monoisotopic (exact) mass is 249 g/mol. The fourth-order valence-electron chi connectivity index (χ4n) is 1.15. The zero-order chi connectivity index (χ0) is 12.9. The van der Waals surface area contributed by atoms with E-state index in [9.17, 15) is 18.3 Å². The summed E-state index contributed by atoms with van der Waals surface area (Å²) in [4.78, 5) is 0. The summed E-state index contributed by atoms with van der Waals surface area (Å²) < 4.78 is 36.5. The topological polar surface area (TPSA) is 58.0 Å². The van der Waals surface area contributed by atoms with Gasteiger partial charge in [-0.1, -0.05) is 6.92 Å². The van der Waals surface area contributed by atoms with E-state index in [4.69, 9.17) is 0 Å². The molecule has 0 aliphatic heterocycles. The zero-order valence-corrected chi connectivity index (χ0v) is 9.33. The van der Waals surface area contributed by atoms with Gasteiger partial charge in [0, 0.05) is 6.54 Å². The molecule has 1 rings (SSSR count). The van der Waals surface area contributed by atoms with Crippen molar-refractivity contribution in [2.75, 3.05) is 11.9 Å². The van der Waals surface area contributed by atoms with Crippen LogP contribution in [-0.4, -0.2) is 28.0 Å². The summed E-state index contributed by atoms with van der Waals surface area (Å²) in [6.45, 7) is 2.29. The maximum atomic E-state index is 12.2. The Balaban J connectivity index is 2.46. The lowest BCUT2D eigenvalue weighted by molar-refractivity contribution is -0.141. The summed E-state index contributed by atoms with van der Waals surface area (Å²) >= 11 is 0. The van der Waals surface area contributed by atoms with Crippen LogP contribution in [0.4, 0.5) is 19.0 Å². The van der Waals surface area contributed by atoms with Crippen molar-refractivity contribution in [3.05, 3.63) is 17.8 Å². The molecule has 1 aromatic heterocycles. The van der Waals surface area contributed by atoms with Gasteiger partial charge in [-0.3, -0.25) is 0 Å². The molecule has 0 amide bonds. The molecule has 0 bridgehead atoms. The van der Waals surface area contributed by atoms with Crippen LogP contribution in [0.5, 0.6) is 0 Å². The van der Waals surface area contributed by atoms with Gasteiger partial charge in [-0.05, 0) is 25.0 Å². The minimum atomic E-state index is -4.47. The summed E-state index contributed by atoms with van der Waals surface area (Å²) in [5, 5.41) is 18.5. The third kappa shape index (κ3) is 4.56. The van der Waals surface area contributed by atoms with Crippen LogP contribution < -0.4 is 5.32 Å². The van der Waals surface area contributed by atoms with Crippen molar-refractivity contribution in [2.24, 2.45) is 0 Å². The number of nitrogens with one attached hydrogen (secondary N) is 1. The van der Waals surface area contributed by atoms with Gasteiger partial charge in [0.05, 0.1) is 6.10 Å². The third-order valence-electron chi connectivity index (χ3n) is 2.21. The number of aliphatic hydroxyl groups excluding tert-OH is 1. The normalized spacial score (nSPS) is 13.5. The highest BCUT2D eigenvalue weighted by molar-refractivity contribution is 5.33. The van der Waals surface area contributed by atoms with E-state index in [1.165, 1.54) is 6.07 Å². The van der Waals surface area contributed by atoms with Gasteiger partial charge in [0.2, 0.25) is 0 Å². The van der Waals surface area contributed by atoms with Crippen molar-refractivity contribution >= 4 is 5.82 Å². The SMILES string of the molecule is CCC(O)CCNc1ccc(C(F)(F)F)nn1. The minimum absolute atomic E-state index is 0.265. The van der Waals surface area contributed by atoms with Crippen LogP contribution in [0, 0.1) is 0 Å². The number of aromatic nitrogens is 2. The van der Waals surface area contributed by atoms with Gasteiger partial charge in [0.1, 0.15) is 5.82 Å². The maximum Gasteiger partial charge on any atom is 0.435 e. The van der Waals surface area contributed by atoms with Gasteiger partial charge in [-0.2, -0.15) is 13.2 Å². The number of alkyl halides is 3. The molecule has 1 heterocycles. The number of halogens is 3. The summed E-state index contributed by atoms with van der Waals surface area (Å²) in [5.41, 5.74) is -1.02. The molecular weight excluding hydrogens is 235 g/mol. The van der Waals surface area contributed by atoms with Gasteiger partial charge in [0.25, 0.3) is 0 Å². The molecule has 17 heavy (non-hydrogen) atoms. The van der Waals surface area contributed by atoms with E-state index in [2.05, 4.69) is 15.5 Å². The lowest BCUT2D eigenvalue weighted by Gasteiger charge is -2.09. The highest BCUT2D eigenvalue weighted by atomic mass is 19.4. The first-order chi connectivity index (χ1) is 7.93. The van der Waals surface area contributed by atoms with Crippen molar-refractivity contribution in [2.45, 2.75) is 32.0 Å². The molecule has 1 unspecified atom stereocenters. The summed E-state index contributed by atoms with van der Waals surface area (Å²) in [7, 11) is 0. The molecule has 0 spiro atoms. The highest BCUT2D eigenvalue weighted by Crippen LogP contribution is 2.26. The van der Waals surface area contributed by atoms with Gasteiger partial charge in [-0.25, -0.2) is 0 Å². The molecule has 2 N–H and O–H groups in total. The Morgan fingerprint density at radius 1 is 1.35 bits per heavy atom. The second-order valence-corrected chi connectivity index (χ2v) is 3.58. The molecule has 0 aliphatic carbocycles. The Morgan fingerprint density at radius 2 is 2.06 bits per heavy atom. The van der Waals surface area contributed by atoms with E-state index in [0.717, 1.165) is 6.07 Å². The first kappa shape index (κ1) is 13.7. The first-order valence-electron chi connectivity index (χ1n) is 5.26. The minimum Gasteiger partial charge on any atom is -0.393 e. The molecule has 96 valence electrons. The van der Waals surface area contributed by atoms with E-state index < -0.39 is 18.0 Å². The Kier molecular flexibility index (Phi) is 4.68. The fraction of sp³-hybridized carbons (Fsp3) is 0.600. The maximum absolute atomic E-state index is 12.2. The van der Waals surface area contributed by atoms with E-state index in [1.54, 1.807) is 0 Å². The van der Waals surface area contributed by atoms with Gasteiger partial charge < -0.3 is 10.4 Å². The molecule has 0 radical (unpaired) electrons. The zero-order valence-electron chi connectivity index (χ0n) is 9.33. The molecule has 0 saturated carbocycles. The largest absolute Gasteiger partial charge is 0.435 e. The van der Waals surface area contributed by atoms with Gasteiger partial charge in [0.15, 0.2) is 5.69 Å². The average Bonchev–Trinajstić information content (AvgIpc) is 2.28. The van der Waals surface area contributed by atoms with Crippen molar-refractivity contribution < 1.29 is 18.3 Å². The number of aliphatic hydroxyl groups is 1. The van der Waals surface area contributed by atoms with Crippen LogP contribution in [-0.2, 0) is 6.18 Å². The lowest BCUT2D eigenvalue weighted by atomic mass is 10.2. The smallest absolute Gasteiger partial charge is 0.393 e. The van der Waals surface area contributed by atoms with Crippen LogP contribution in [0.15, 0.2) is 12.1 Å². The molecular formula is C10H14F3N3O. The van der Waals surface area contributed by atoms with Crippen molar-refractivity contribution in [3.8, 4) is 0 Å². The van der Waals surface area contributed by atoms with Gasteiger partial charge >= 0.3 is 6.18 Å². The van der Waals surface area contributed by atoms with E-state index in [-0.39, 0.29) is 5.82 Å². The standard InChI is InChI=1S/C10H14F3N3O/c1-2-7(17)5-6-14-9-4-3-8(15-16-9)10(11,12)13/h3-4,7,17H,2,5-6H2,1H3,(H,14,16). The molecule has 1 atom stereocenters. The predicted molar refractivity (Wildman–Crippen MR) is 56.4 cm³/mol. The third-order valence-corrected chi connectivity index (χ3v) is 2.21. The second-order valence-electron chi connectivity index (χ2n) is 3.58.